The second-order valence-corrected chi connectivity index (χ2v) is 12.3. The Bertz CT molecular complexity index is 2740. The molecule has 0 amide bonds. The summed E-state index contributed by atoms with van der Waals surface area (Å²) in [4.78, 5) is 11.6. The van der Waals surface area contributed by atoms with Gasteiger partial charge in [0.15, 0.2) is 5.82 Å². The predicted molar refractivity (Wildman–Crippen MR) is 210 cm³/mol. The minimum atomic E-state index is 0.607. The maximum Gasteiger partial charge on any atom is 0.160 e. The van der Waals surface area contributed by atoms with E-state index in [1.54, 1.807) is 0 Å². The molecular weight excluding hydrogens is 613 g/mol. The number of hydrogen-bond donors (Lipinski definition) is 0. The van der Waals surface area contributed by atoms with Gasteiger partial charge in [-0.2, -0.15) is 0 Å². The molecule has 0 saturated heterocycles. The van der Waals surface area contributed by atoms with Crippen molar-refractivity contribution in [2.75, 3.05) is 4.90 Å². The number of furan rings is 1. The highest BCUT2D eigenvalue weighted by molar-refractivity contribution is 6.14. The molecule has 3 heterocycles. The van der Waals surface area contributed by atoms with Crippen molar-refractivity contribution in [2.45, 2.75) is 6.92 Å². The van der Waals surface area contributed by atoms with E-state index in [4.69, 9.17) is 9.40 Å². The summed E-state index contributed by atoms with van der Waals surface area (Å²) in [6.07, 6.45) is 4.00. The molecule has 5 heteroatoms. The first kappa shape index (κ1) is 29.4. The Balaban J connectivity index is 1.20. The minimum absolute atomic E-state index is 0.607. The second-order valence-electron chi connectivity index (χ2n) is 12.3. The van der Waals surface area contributed by atoms with Gasteiger partial charge in [0.05, 0.1) is 11.0 Å². The molecule has 0 atom stereocenters. The van der Waals surface area contributed by atoms with E-state index in [0.717, 1.165) is 72.5 Å². The molecule has 50 heavy (non-hydrogen) atoms. The Morgan fingerprint density at radius 1 is 0.640 bits per heavy atom. The first-order valence-electron chi connectivity index (χ1n) is 16.7. The van der Waals surface area contributed by atoms with E-state index < -0.39 is 0 Å². The van der Waals surface area contributed by atoms with Gasteiger partial charge in [-0.3, -0.25) is 4.57 Å². The zero-order valence-corrected chi connectivity index (χ0v) is 27.5. The summed E-state index contributed by atoms with van der Waals surface area (Å²) in [5, 5.41) is 4.54. The molecule has 5 nitrogen and oxygen atoms in total. The third-order valence-corrected chi connectivity index (χ3v) is 9.38. The fourth-order valence-corrected chi connectivity index (χ4v) is 7.17. The Morgan fingerprint density at radius 3 is 2.16 bits per heavy atom. The van der Waals surface area contributed by atoms with Crippen LogP contribution in [-0.4, -0.2) is 16.3 Å². The van der Waals surface area contributed by atoms with Gasteiger partial charge in [-0.1, -0.05) is 97.1 Å². The van der Waals surface area contributed by atoms with E-state index >= 15 is 0 Å². The molecular formula is C45H32N4O. The van der Waals surface area contributed by atoms with Gasteiger partial charge < -0.3 is 9.32 Å². The van der Waals surface area contributed by atoms with Crippen LogP contribution in [0.4, 0.5) is 22.9 Å². The molecule has 0 unspecified atom stereocenters. The Kier molecular flexibility index (Phi) is 7.10. The molecule has 238 valence electrons. The topological polar surface area (TPSA) is 46.6 Å². The maximum atomic E-state index is 6.16. The zero-order chi connectivity index (χ0) is 33.6. The van der Waals surface area contributed by atoms with Crippen molar-refractivity contribution in [3.05, 3.63) is 163 Å². The average molecular weight is 645 g/mol. The molecule has 9 aromatic rings. The van der Waals surface area contributed by atoms with E-state index in [-0.39, 0.29) is 0 Å². The normalized spacial score (nSPS) is 11.7. The molecule has 0 aliphatic rings. The van der Waals surface area contributed by atoms with E-state index in [2.05, 4.69) is 155 Å². The van der Waals surface area contributed by atoms with Gasteiger partial charge in [0.2, 0.25) is 0 Å². The number of benzene rings is 6. The van der Waals surface area contributed by atoms with Gasteiger partial charge >= 0.3 is 0 Å². The summed E-state index contributed by atoms with van der Waals surface area (Å²) in [6, 6.07) is 53.1. The van der Waals surface area contributed by atoms with Crippen molar-refractivity contribution >= 4 is 79.4 Å². The van der Waals surface area contributed by atoms with Crippen LogP contribution in [0.5, 0.6) is 0 Å². The average Bonchev–Trinajstić information content (AvgIpc) is 3.72. The van der Waals surface area contributed by atoms with E-state index in [0.29, 0.717) is 5.82 Å². The molecule has 3 aromatic heterocycles. The molecule has 0 N–H and O–H groups in total. The number of aliphatic imine (C=N–C) groups is 1. The molecule has 0 fully saturated rings. The number of allylic oxidation sites excluding steroid dienone is 1. The third kappa shape index (κ3) is 4.79. The Hall–Kier alpha value is -6.72. The molecule has 0 aliphatic carbocycles. The summed E-state index contributed by atoms with van der Waals surface area (Å²) < 4.78 is 8.41. The Morgan fingerprint density at radius 2 is 1.34 bits per heavy atom. The van der Waals surface area contributed by atoms with Crippen LogP contribution in [-0.2, 0) is 0 Å². The molecule has 9 rings (SSSR count). The lowest BCUT2D eigenvalue weighted by molar-refractivity contribution is 0.669. The van der Waals surface area contributed by atoms with Crippen molar-refractivity contribution in [3.63, 3.8) is 0 Å². The molecule has 0 aliphatic heterocycles. The monoisotopic (exact) mass is 644 g/mol. The summed E-state index contributed by atoms with van der Waals surface area (Å²) in [5.74, 6) is 1.41. The largest absolute Gasteiger partial charge is 0.456 e. The number of nitrogens with zero attached hydrogens (tertiary/aromatic N) is 4. The quantitative estimate of drug-likeness (QED) is 0.162. The standard InChI is InChI=1S/C45H32N4O/c1-3-12-31-23-28-43(47-45(31)46-2)49-40-19-9-7-15-36(40)38-18-11-17-35(44(38)49)30-21-24-33(25-22-30)48(32-13-5-4-6-14-32)34-26-27-42-39(29-34)37-16-8-10-20-41(37)50-42/h3-29H,2H2,1H3/b12-3-. The molecule has 0 bridgehead atoms. The third-order valence-electron chi connectivity index (χ3n) is 9.38. The molecule has 0 spiro atoms. The van der Waals surface area contributed by atoms with E-state index in [1.807, 2.05) is 37.3 Å². The van der Waals surface area contributed by atoms with Crippen molar-refractivity contribution in [1.82, 2.24) is 9.55 Å². The smallest absolute Gasteiger partial charge is 0.160 e. The lowest BCUT2D eigenvalue weighted by Gasteiger charge is -2.25. The highest BCUT2D eigenvalue weighted by Crippen LogP contribution is 2.41. The fraction of sp³-hybridized carbons (Fsp3) is 0.0222. The highest BCUT2D eigenvalue weighted by Gasteiger charge is 2.19. The van der Waals surface area contributed by atoms with Crippen LogP contribution >= 0.6 is 0 Å². The van der Waals surface area contributed by atoms with E-state index in [1.165, 1.54) is 10.8 Å². The van der Waals surface area contributed by atoms with Gasteiger partial charge in [0.1, 0.15) is 17.0 Å². The van der Waals surface area contributed by atoms with Crippen LogP contribution in [0.15, 0.2) is 167 Å². The fourth-order valence-electron chi connectivity index (χ4n) is 7.17. The predicted octanol–water partition coefficient (Wildman–Crippen LogP) is 12.6. The summed E-state index contributed by atoms with van der Waals surface area (Å²) >= 11 is 0. The lowest BCUT2D eigenvalue weighted by Crippen LogP contribution is -2.09. The van der Waals surface area contributed by atoms with Gasteiger partial charge in [0, 0.05) is 49.7 Å². The van der Waals surface area contributed by atoms with Crippen LogP contribution in [0, 0.1) is 0 Å². The summed E-state index contributed by atoms with van der Waals surface area (Å²) in [6.45, 7) is 5.80. The van der Waals surface area contributed by atoms with Crippen LogP contribution in [0.2, 0.25) is 0 Å². The SMILES string of the molecule is C=Nc1nc(-n2c3ccccc3c3cccc(-c4ccc(N(c5ccccc5)c5ccc6oc7ccccc7c6c5)cc4)c32)ccc1/C=C\C. The minimum Gasteiger partial charge on any atom is -0.456 e. The number of pyridine rings is 1. The lowest BCUT2D eigenvalue weighted by atomic mass is 10.0. The van der Waals surface area contributed by atoms with Crippen molar-refractivity contribution in [1.29, 1.82) is 0 Å². The van der Waals surface area contributed by atoms with E-state index in [9.17, 15) is 0 Å². The first-order valence-corrected chi connectivity index (χ1v) is 16.7. The van der Waals surface area contributed by atoms with Crippen molar-refractivity contribution < 1.29 is 4.42 Å². The number of aromatic nitrogens is 2. The van der Waals surface area contributed by atoms with Crippen LogP contribution in [0.3, 0.4) is 0 Å². The van der Waals surface area contributed by atoms with Crippen LogP contribution in [0.1, 0.15) is 12.5 Å². The summed E-state index contributed by atoms with van der Waals surface area (Å²) in [7, 11) is 0. The maximum absolute atomic E-state index is 6.16. The summed E-state index contributed by atoms with van der Waals surface area (Å²) in [5.41, 5.74) is 10.3. The highest BCUT2D eigenvalue weighted by atomic mass is 16.3. The Labute approximate surface area is 289 Å². The zero-order valence-electron chi connectivity index (χ0n) is 27.5. The number of anilines is 3. The number of fused-ring (bicyclic) bond motifs is 6. The van der Waals surface area contributed by atoms with Crippen molar-refractivity contribution in [3.8, 4) is 16.9 Å². The second kappa shape index (κ2) is 12.1. The van der Waals surface area contributed by atoms with Crippen LogP contribution < -0.4 is 4.90 Å². The van der Waals surface area contributed by atoms with Gasteiger partial charge in [-0.15, -0.1) is 0 Å². The first-order chi connectivity index (χ1) is 24.7. The number of hydrogen-bond acceptors (Lipinski definition) is 4. The van der Waals surface area contributed by atoms with Crippen LogP contribution in [0.25, 0.3) is 66.8 Å². The molecule has 0 radical (unpaired) electrons. The number of rotatable bonds is 7. The molecule has 0 saturated carbocycles. The van der Waals surface area contributed by atoms with Gasteiger partial charge in [0.25, 0.3) is 0 Å². The van der Waals surface area contributed by atoms with Gasteiger partial charge in [-0.05, 0) is 85.9 Å². The molecule has 6 aromatic carbocycles. The van der Waals surface area contributed by atoms with Crippen molar-refractivity contribution in [2.24, 2.45) is 4.99 Å². The number of para-hydroxylation sites is 4. The van der Waals surface area contributed by atoms with Gasteiger partial charge in [-0.25, -0.2) is 9.98 Å².